The molecule has 4 rings (SSSR count). The van der Waals surface area contributed by atoms with Crippen LogP contribution in [0.15, 0.2) is 82.9 Å². The molecule has 4 unspecified atom stereocenters. The number of benzene rings is 2. The number of hydrogen-bond donors (Lipinski definition) is 2. The van der Waals surface area contributed by atoms with Gasteiger partial charge in [0, 0.05) is 21.2 Å². The highest BCUT2D eigenvalue weighted by Crippen LogP contribution is 2.48. The lowest BCUT2D eigenvalue weighted by Crippen LogP contribution is -2.50. The van der Waals surface area contributed by atoms with Crippen LogP contribution >= 0.6 is 69.6 Å². The maximum Gasteiger partial charge on any atom is 0.196 e. The molecule has 172 valence electrons. The van der Waals surface area contributed by atoms with E-state index in [1.165, 1.54) is 0 Å². The van der Waals surface area contributed by atoms with Gasteiger partial charge in [-0.25, -0.2) is 0 Å². The lowest BCUT2D eigenvalue weighted by molar-refractivity contribution is -0.0783. The molecule has 0 aliphatic heterocycles. The monoisotopic (exact) mass is 562 g/mol. The van der Waals surface area contributed by atoms with Gasteiger partial charge in [-0.3, -0.25) is 0 Å². The van der Waals surface area contributed by atoms with Crippen molar-refractivity contribution in [3.8, 4) is 0 Å². The van der Waals surface area contributed by atoms with Gasteiger partial charge < -0.3 is 14.9 Å². The second-order valence-corrected chi connectivity index (χ2v) is 10.4. The zero-order valence-corrected chi connectivity index (χ0v) is 21.2. The van der Waals surface area contributed by atoms with Gasteiger partial charge in [-0.2, -0.15) is 0 Å². The Morgan fingerprint density at radius 3 is 1.24 bits per heavy atom. The Balaban J connectivity index is 1.67. The lowest BCUT2D eigenvalue weighted by Gasteiger charge is -2.41. The predicted molar refractivity (Wildman–Crippen MR) is 137 cm³/mol. The van der Waals surface area contributed by atoms with E-state index in [2.05, 4.69) is 0 Å². The number of halogens is 6. The Hall–Kier alpha value is -0.980. The summed E-state index contributed by atoms with van der Waals surface area (Å²) in [4.78, 5) is 0. The molecule has 0 spiro atoms. The van der Waals surface area contributed by atoms with Crippen LogP contribution in [0.2, 0.25) is 10.0 Å². The van der Waals surface area contributed by atoms with Gasteiger partial charge in [-0.15, -0.1) is 0 Å². The summed E-state index contributed by atoms with van der Waals surface area (Å²) >= 11 is 37.9. The van der Waals surface area contributed by atoms with E-state index in [0.29, 0.717) is 32.3 Å². The predicted octanol–water partition coefficient (Wildman–Crippen LogP) is 7.34. The minimum Gasteiger partial charge on any atom is -0.368 e. The quantitative estimate of drug-likeness (QED) is 0.382. The first-order valence-corrected chi connectivity index (χ1v) is 11.9. The van der Waals surface area contributed by atoms with E-state index in [1.807, 2.05) is 0 Å². The van der Waals surface area contributed by atoms with Crippen molar-refractivity contribution >= 4 is 80.8 Å². The van der Waals surface area contributed by atoms with Crippen LogP contribution in [0.1, 0.15) is 11.1 Å². The molecule has 2 aromatic carbocycles. The molecule has 2 aliphatic rings. The van der Waals surface area contributed by atoms with Crippen molar-refractivity contribution in [2.75, 3.05) is 0 Å². The molecule has 0 heterocycles. The maximum atomic E-state index is 11.3. The van der Waals surface area contributed by atoms with E-state index < -0.39 is 22.3 Å². The molecule has 4 atom stereocenters. The van der Waals surface area contributed by atoms with E-state index in [9.17, 15) is 10.2 Å². The molecule has 0 fully saturated rings. The normalized spacial score (nSPS) is 29.7. The van der Waals surface area contributed by atoms with Crippen molar-refractivity contribution in [2.45, 2.75) is 22.3 Å². The van der Waals surface area contributed by atoms with Gasteiger partial charge >= 0.3 is 0 Å². The fraction of sp³-hybridized carbons (Fsp3) is 0.167. The number of rotatable bonds is 4. The van der Waals surface area contributed by atoms with Crippen molar-refractivity contribution in [1.29, 1.82) is 0 Å². The van der Waals surface area contributed by atoms with Crippen LogP contribution in [-0.4, -0.2) is 32.5 Å². The second kappa shape index (κ2) is 9.58. The van der Waals surface area contributed by atoms with Crippen molar-refractivity contribution < 1.29 is 14.9 Å². The summed E-state index contributed by atoms with van der Waals surface area (Å²) in [5, 5.41) is 19.6. The molecule has 0 radical (unpaired) electrons. The van der Waals surface area contributed by atoms with Gasteiger partial charge in [0.15, 0.2) is 10.1 Å². The van der Waals surface area contributed by atoms with E-state index in [1.54, 1.807) is 72.8 Å². The summed E-state index contributed by atoms with van der Waals surface area (Å²) < 4.78 is 6.04. The summed E-state index contributed by atoms with van der Waals surface area (Å²) in [6.45, 7) is 0. The van der Waals surface area contributed by atoms with Gasteiger partial charge in [0.05, 0.1) is 10.1 Å². The Morgan fingerprint density at radius 2 is 0.909 bits per heavy atom. The molecule has 33 heavy (non-hydrogen) atoms. The van der Waals surface area contributed by atoms with Crippen LogP contribution < -0.4 is 0 Å². The van der Waals surface area contributed by atoms with E-state index in [4.69, 9.17) is 74.3 Å². The number of alkyl halides is 2. The molecule has 0 amide bonds. The SMILES string of the molecule is OC1(Cl)C(c2ccc(Cl)cc2)=CC=C(Cl)C1OC1C(Cl)=CC=C(c2ccc(Cl)cc2)C1(O)Cl. The third kappa shape index (κ3) is 4.90. The molecule has 2 N–H and O–H groups in total. The third-order valence-corrected chi connectivity index (χ3v) is 7.31. The van der Waals surface area contributed by atoms with Gasteiger partial charge in [-0.1, -0.05) is 106 Å². The average molecular weight is 565 g/mol. The number of ether oxygens (including phenoxy) is 1. The average Bonchev–Trinajstić information content (AvgIpc) is 2.74. The summed E-state index contributed by atoms with van der Waals surface area (Å²) in [5.74, 6) is 0. The smallest absolute Gasteiger partial charge is 0.196 e. The number of allylic oxidation sites excluding steroid dienone is 4. The molecule has 0 saturated heterocycles. The second-order valence-electron chi connectivity index (χ2n) is 7.52. The molecule has 3 nitrogen and oxygen atoms in total. The summed E-state index contributed by atoms with van der Waals surface area (Å²) in [6.07, 6.45) is 3.69. The molecule has 2 aliphatic carbocycles. The van der Waals surface area contributed by atoms with Gasteiger partial charge in [0.25, 0.3) is 0 Å². The first-order valence-electron chi connectivity index (χ1n) is 9.67. The molecule has 2 aromatic rings. The van der Waals surface area contributed by atoms with Crippen LogP contribution in [0.3, 0.4) is 0 Å². The van der Waals surface area contributed by atoms with Crippen LogP contribution in [0, 0.1) is 0 Å². The minimum absolute atomic E-state index is 0.102. The third-order valence-electron chi connectivity index (χ3n) is 5.35. The number of aliphatic hydroxyl groups is 2. The Kier molecular flexibility index (Phi) is 7.29. The maximum absolute atomic E-state index is 11.3. The zero-order valence-electron chi connectivity index (χ0n) is 16.7. The van der Waals surface area contributed by atoms with Crippen LogP contribution in [-0.2, 0) is 4.74 Å². The Morgan fingerprint density at radius 1 is 0.576 bits per heavy atom. The first-order chi connectivity index (χ1) is 15.5. The topological polar surface area (TPSA) is 49.7 Å². The molecule has 0 aromatic heterocycles. The van der Waals surface area contributed by atoms with Crippen molar-refractivity contribution in [3.63, 3.8) is 0 Å². The van der Waals surface area contributed by atoms with E-state index in [0.717, 1.165) is 0 Å². The fourth-order valence-electron chi connectivity index (χ4n) is 3.68. The Labute approximate surface area is 221 Å². The highest BCUT2D eigenvalue weighted by molar-refractivity contribution is 6.36. The minimum atomic E-state index is -2.09. The summed E-state index contributed by atoms with van der Waals surface area (Å²) in [7, 11) is 0. The van der Waals surface area contributed by atoms with Crippen molar-refractivity contribution in [1.82, 2.24) is 0 Å². The molecule has 0 bridgehead atoms. The van der Waals surface area contributed by atoms with E-state index in [-0.39, 0.29) is 10.1 Å². The van der Waals surface area contributed by atoms with Gasteiger partial charge in [0.2, 0.25) is 0 Å². The van der Waals surface area contributed by atoms with Crippen LogP contribution in [0.25, 0.3) is 11.1 Å². The first kappa shape index (κ1) is 25.1. The van der Waals surface area contributed by atoms with Gasteiger partial charge in [-0.05, 0) is 47.5 Å². The van der Waals surface area contributed by atoms with Crippen molar-refractivity contribution in [3.05, 3.63) is 104 Å². The summed E-state index contributed by atoms with van der Waals surface area (Å²) in [5.41, 5.74) is 1.88. The largest absolute Gasteiger partial charge is 0.368 e. The summed E-state index contributed by atoms with van der Waals surface area (Å²) in [6, 6.07) is 13.5. The van der Waals surface area contributed by atoms with E-state index >= 15 is 0 Å². The molecular formula is C24H16Cl6O3. The molecule has 0 saturated carbocycles. The lowest BCUT2D eigenvalue weighted by atomic mass is 9.90. The standard InChI is InChI=1S/C24H16Cl6O3/c25-15-5-1-13(2-6-15)17-9-11-19(27)21(23(17,29)31)33-22-20(28)12-10-18(24(22,30)32)14-3-7-16(26)8-4-14/h1-12,21-22,31-32H. The molecule has 9 heteroatoms. The Bertz CT molecular complexity index is 1080. The molecular weight excluding hydrogens is 549 g/mol. The van der Waals surface area contributed by atoms with Crippen LogP contribution in [0.5, 0.6) is 0 Å². The zero-order chi connectivity index (χ0) is 24.0. The van der Waals surface area contributed by atoms with Crippen LogP contribution in [0.4, 0.5) is 0 Å². The highest BCUT2D eigenvalue weighted by atomic mass is 35.5. The van der Waals surface area contributed by atoms with Crippen molar-refractivity contribution in [2.24, 2.45) is 0 Å². The number of hydrogen-bond acceptors (Lipinski definition) is 3. The fourth-order valence-corrected chi connectivity index (χ4v) is 5.28. The highest BCUT2D eigenvalue weighted by Gasteiger charge is 2.50. The van der Waals surface area contributed by atoms with Gasteiger partial charge in [0.1, 0.15) is 12.2 Å².